The molecule has 8 heteroatoms. The second-order valence-electron chi connectivity index (χ2n) is 6.95. The number of rotatable bonds is 6. The van der Waals surface area contributed by atoms with Gasteiger partial charge in [-0.2, -0.15) is 0 Å². The van der Waals surface area contributed by atoms with Gasteiger partial charge in [-0.05, 0) is 18.6 Å². The molecule has 0 atom stereocenters. The number of aryl methyl sites for hydroxylation is 1. The maximum atomic E-state index is 12.4. The van der Waals surface area contributed by atoms with E-state index in [2.05, 4.69) is 17.0 Å². The highest BCUT2D eigenvalue weighted by Crippen LogP contribution is 2.23. The summed E-state index contributed by atoms with van der Waals surface area (Å²) in [4.78, 5) is 39.2. The van der Waals surface area contributed by atoms with Crippen LogP contribution in [-0.4, -0.2) is 59.4 Å². The molecule has 0 bridgehead atoms. The highest BCUT2D eigenvalue weighted by atomic mass is 16.6. The van der Waals surface area contributed by atoms with Crippen molar-refractivity contribution in [1.82, 2.24) is 9.80 Å². The molecule has 0 aromatic heterocycles. The lowest BCUT2D eigenvalue weighted by molar-refractivity contribution is -0.385. The number of nitro benzene ring substituents is 1. The molecule has 1 amide bonds. The van der Waals surface area contributed by atoms with E-state index in [0.717, 1.165) is 19.6 Å². The lowest BCUT2D eigenvalue weighted by Crippen LogP contribution is -2.49. The number of piperazine rings is 1. The van der Waals surface area contributed by atoms with Crippen LogP contribution in [0.25, 0.3) is 0 Å². The Bertz CT molecular complexity index is 892. The monoisotopic (exact) mass is 397 g/mol. The average Bonchev–Trinajstić information content (AvgIpc) is 2.72. The summed E-state index contributed by atoms with van der Waals surface area (Å²) >= 11 is 0. The number of carbonyl (C=O) groups is 2. The van der Waals surface area contributed by atoms with Crippen molar-refractivity contribution in [1.29, 1.82) is 0 Å². The van der Waals surface area contributed by atoms with Crippen molar-refractivity contribution in [3.8, 4) is 0 Å². The first-order valence-corrected chi connectivity index (χ1v) is 9.41. The fourth-order valence-corrected chi connectivity index (χ4v) is 3.36. The third-order valence-electron chi connectivity index (χ3n) is 4.94. The van der Waals surface area contributed by atoms with Crippen LogP contribution >= 0.6 is 0 Å². The standard InChI is InChI=1S/C21H23N3O5/c1-16-6-5-9-18(20(16)24(27)28)21(26)29-15-19(25)23-12-10-22(11-13-23)14-17-7-3-2-4-8-17/h2-9H,10-15H2,1H3. The molecule has 2 aromatic carbocycles. The van der Waals surface area contributed by atoms with Crippen LogP contribution < -0.4 is 0 Å². The highest BCUT2D eigenvalue weighted by molar-refractivity contribution is 5.95. The quantitative estimate of drug-likeness (QED) is 0.422. The first-order chi connectivity index (χ1) is 14.0. The molecule has 0 spiro atoms. The molecule has 3 rings (SSSR count). The second-order valence-corrected chi connectivity index (χ2v) is 6.95. The zero-order valence-electron chi connectivity index (χ0n) is 16.2. The molecule has 0 unspecified atom stereocenters. The van der Waals surface area contributed by atoms with Crippen molar-refractivity contribution >= 4 is 17.6 Å². The van der Waals surface area contributed by atoms with E-state index in [4.69, 9.17) is 4.74 Å². The fourth-order valence-electron chi connectivity index (χ4n) is 3.36. The summed E-state index contributed by atoms with van der Waals surface area (Å²) in [5.74, 6) is -1.16. The molecule has 1 aliphatic heterocycles. The molecule has 1 fully saturated rings. The van der Waals surface area contributed by atoms with Gasteiger partial charge in [0.2, 0.25) is 0 Å². The van der Waals surface area contributed by atoms with Gasteiger partial charge in [0, 0.05) is 38.3 Å². The summed E-state index contributed by atoms with van der Waals surface area (Å²) in [6.45, 7) is 4.52. The smallest absolute Gasteiger partial charge is 0.345 e. The minimum absolute atomic E-state index is 0.143. The molecule has 0 saturated carbocycles. The number of ether oxygens (including phenoxy) is 1. The van der Waals surface area contributed by atoms with E-state index in [0.29, 0.717) is 18.7 Å². The molecule has 0 aliphatic carbocycles. The Morgan fingerprint density at radius 1 is 1.03 bits per heavy atom. The van der Waals surface area contributed by atoms with Gasteiger partial charge in [-0.15, -0.1) is 0 Å². The normalized spacial score (nSPS) is 14.4. The van der Waals surface area contributed by atoms with Crippen molar-refractivity contribution in [2.45, 2.75) is 13.5 Å². The van der Waals surface area contributed by atoms with Crippen LogP contribution in [-0.2, 0) is 16.1 Å². The van der Waals surface area contributed by atoms with Crippen LogP contribution in [0.1, 0.15) is 21.5 Å². The van der Waals surface area contributed by atoms with Crippen LogP contribution in [0.3, 0.4) is 0 Å². The van der Waals surface area contributed by atoms with Gasteiger partial charge in [-0.1, -0.05) is 42.5 Å². The lowest BCUT2D eigenvalue weighted by Gasteiger charge is -2.34. The molecular weight excluding hydrogens is 374 g/mol. The van der Waals surface area contributed by atoms with Crippen molar-refractivity contribution < 1.29 is 19.2 Å². The van der Waals surface area contributed by atoms with E-state index < -0.39 is 17.5 Å². The lowest BCUT2D eigenvalue weighted by atomic mass is 10.1. The predicted molar refractivity (Wildman–Crippen MR) is 106 cm³/mol. The van der Waals surface area contributed by atoms with E-state index in [1.165, 1.54) is 11.6 Å². The summed E-state index contributed by atoms with van der Waals surface area (Å²) in [6, 6.07) is 14.6. The molecule has 0 radical (unpaired) electrons. The zero-order valence-corrected chi connectivity index (χ0v) is 16.2. The highest BCUT2D eigenvalue weighted by Gasteiger charge is 2.26. The number of para-hydroxylation sites is 1. The largest absolute Gasteiger partial charge is 0.452 e. The van der Waals surface area contributed by atoms with Crippen LogP contribution in [0.5, 0.6) is 0 Å². The number of hydrogen-bond donors (Lipinski definition) is 0. The zero-order chi connectivity index (χ0) is 20.8. The van der Waals surface area contributed by atoms with Crippen molar-refractivity contribution in [2.24, 2.45) is 0 Å². The molecule has 2 aromatic rings. The van der Waals surface area contributed by atoms with Crippen LogP contribution in [0.15, 0.2) is 48.5 Å². The maximum Gasteiger partial charge on any atom is 0.345 e. The van der Waals surface area contributed by atoms with E-state index in [-0.39, 0.29) is 17.2 Å². The Balaban J connectivity index is 1.50. The van der Waals surface area contributed by atoms with E-state index in [1.54, 1.807) is 24.0 Å². The van der Waals surface area contributed by atoms with E-state index in [1.807, 2.05) is 18.2 Å². The first-order valence-electron chi connectivity index (χ1n) is 9.41. The maximum absolute atomic E-state index is 12.4. The van der Waals surface area contributed by atoms with Crippen molar-refractivity contribution in [3.05, 3.63) is 75.3 Å². The molecule has 29 heavy (non-hydrogen) atoms. The second kappa shape index (κ2) is 9.29. The van der Waals surface area contributed by atoms with Gasteiger partial charge in [0.05, 0.1) is 4.92 Å². The van der Waals surface area contributed by atoms with Crippen LogP contribution in [0.4, 0.5) is 5.69 Å². The van der Waals surface area contributed by atoms with Gasteiger partial charge in [-0.25, -0.2) is 4.79 Å². The summed E-state index contributed by atoms with van der Waals surface area (Å²) in [5, 5.41) is 11.2. The number of esters is 1. The number of nitrogens with zero attached hydrogens (tertiary/aromatic N) is 3. The van der Waals surface area contributed by atoms with Gasteiger partial charge in [0.25, 0.3) is 11.6 Å². The average molecular weight is 397 g/mol. The number of amides is 1. The third-order valence-corrected chi connectivity index (χ3v) is 4.94. The molecule has 1 aliphatic rings. The Hall–Kier alpha value is -3.26. The Labute approximate surface area is 168 Å². The molecule has 152 valence electrons. The number of nitro groups is 1. The van der Waals surface area contributed by atoms with Gasteiger partial charge >= 0.3 is 5.97 Å². The molecule has 1 saturated heterocycles. The number of benzene rings is 2. The van der Waals surface area contributed by atoms with Gasteiger partial charge in [0.15, 0.2) is 6.61 Å². The summed E-state index contributed by atoms with van der Waals surface area (Å²) in [6.07, 6.45) is 0. The molecule has 1 heterocycles. The number of carbonyl (C=O) groups excluding carboxylic acids is 2. The van der Waals surface area contributed by atoms with Crippen molar-refractivity contribution in [3.63, 3.8) is 0 Å². The van der Waals surface area contributed by atoms with Gasteiger partial charge in [-0.3, -0.25) is 19.8 Å². The van der Waals surface area contributed by atoms with Crippen molar-refractivity contribution in [2.75, 3.05) is 32.8 Å². The number of hydrogen-bond acceptors (Lipinski definition) is 6. The minimum atomic E-state index is -0.864. The Kier molecular flexibility index (Phi) is 6.56. The van der Waals surface area contributed by atoms with Crippen LogP contribution in [0, 0.1) is 17.0 Å². The summed E-state index contributed by atoms with van der Waals surface area (Å²) in [5.41, 5.74) is 1.15. The summed E-state index contributed by atoms with van der Waals surface area (Å²) in [7, 11) is 0. The van der Waals surface area contributed by atoms with E-state index in [9.17, 15) is 19.7 Å². The SMILES string of the molecule is Cc1cccc(C(=O)OCC(=O)N2CCN(Cc3ccccc3)CC2)c1[N+](=O)[O-]. The Morgan fingerprint density at radius 2 is 1.72 bits per heavy atom. The third kappa shape index (κ3) is 5.17. The predicted octanol–water partition coefficient (Wildman–Crippen LogP) is 2.40. The van der Waals surface area contributed by atoms with Gasteiger partial charge in [0.1, 0.15) is 5.56 Å². The first kappa shape index (κ1) is 20.5. The molecular formula is C21H23N3O5. The molecule has 8 nitrogen and oxygen atoms in total. The van der Waals surface area contributed by atoms with Gasteiger partial charge < -0.3 is 9.64 Å². The van der Waals surface area contributed by atoms with Crippen LogP contribution in [0.2, 0.25) is 0 Å². The Morgan fingerprint density at radius 3 is 2.38 bits per heavy atom. The topological polar surface area (TPSA) is 93.0 Å². The molecule has 0 N–H and O–H groups in total. The minimum Gasteiger partial charge on any atom is -0.452 e. The summed E-state index contributed by atoms with van der Waals surface area (Å²) < 4.78 is 5.06. The van der Waals surface area contributed by atoms with E-state index >= 15 is 0 Å². The fraction of sp³-hybridized carbons (Fsp3) is 0.333.